The SMILES string of the molecule is CCSC1CCC(N2CCC(N)CC2)C1. The first-order valence-corrected chi connectivity index (χ1v) is 7.45. The maximum atomic E-state index is 5.94. The van der Waals surface area contributed by atoms with E-state index in [1.54, 1.807) is 0 Å². The van der Waals surface area contributed by atoms with Crippen molar-refractivity contribution in [2.75, 3.05) is 18.8 Å². The van der Waals surface area contributed by atoms with Gasteiger partial charge in [-0.1, -0.05) is 6.92 Å². The van der Waals surface area contributed by atoms with E-state index < -0.39 is 0 Å². The summed E-state index contributed by atoms with van der Waals surface area (Å²) >= 11 is 2.16. The van der Waals surface area contributed by atoms with E-state index in [4.69, 9.17) is 5.73 Å². The van der Waals surface area contributed by atoms with E-state index in [0.717, 1.165) is 11.3 Å². The summed E-state index contributed by atoms with van der Waals surface area (Å²) in [6, 6.07) is 1.35. The van der Waals surface area contributed by atoms with Gasteiger partial charge in [-0.25, -0.2) is 0 Å². The van der Waals surface area contributed by atoms with Gasteiger partial charge in [0.15, 0.2) is 0 Å². The predicted molar refractivity (Wildman–Crippen MR) is 68.3 cm³/mol. The van der Waals surface area contributed by atoms with Crippen molar-refractivity contribution in [3.63, 3.8) is 0 Å². The van der Waals surface area contributed by atoms with Gasteiger partial charge in [0, 0.05) is 17.3 Å². The van der Waals surface area contributed by atoms with E-state index in [-0.39, 0.29) is 0 Å². The van der Waals surface area contributed by atoms with Gasteiger partial charge in [0.05, 0.1) is 0 Å². The number of nitrogens with two attached hydrogens (primary N) is 1. The Bertz CT molecular complexity index is 190. The molecular formula is C12H24N2S. The second-order valence-corrected chi connectivity index (χ2v) is 6.49. The first-order chi connectivity index (χ1) is 7.29. The van der Waals surface area contributed by atoms with Crippen LogP contribution in [0.15, 0.2) is 0 Å². The number of thioether (sulfide) groups is 1. The fraction of sp³-hybridized carbons (Fsp3) is 1.00. The number of hydrogen-bond donors (Lipinski definition) is 1. The largest absolute Gasteiger partial charge is 0.328 e. The van der Waals surface area contributed by atoms with Gasteiger partial charge in [-0.15, -0.1) is 0 Å². The topological polar surface area (TPSA) is 29.3 Å². The van der Waals surface area contributed by atoms with Crippen LogP contribution < -0.4 is 5.73 Å². The van der Waals surface area contributed by atoms with E-state index in [9.17, 15) is 0 Å². The molecule has 0 amide bonds. The Kier molecular flexibility index (Phi) is 4.35. The normalized spacial score (nSPS) is 34.8. The zero-order chi connectivity index (χ0) is 10.7. The molecule has 15 heavy (non-hydrogen) atoms. The molecule has 0 aromatic carbocycles. The molecule has 2 fully saturated rings. The average molecular weight is 228 g/mol. The summed E-state index contributed by atoms with van der Waals surface area (Å²) in [6.07, 6.45) is 6.70. The lowest BCUT2D eigenvalue weighted by Gasteiger charge is -2.34. The van der Waals surface area contributed by atoms with Crippen LogP contribution in [0.5, 0.6) is 0 Å². The highest BCUT2D eigenvalue weighted by atomic mass is 32.2. The Morgan fingerprint density at radius 1 is 1.20 bits per heavy atom. The maximum Gasteiger partial charge on any atom is 0.0106 e. The molecule has 2 aliphatic rings. The lowest BCUT2D eigenvalue weighted by molar-refractivity contribution is 0.155. The summed E-state index contributed by atoms with van der Waals surface area (Å²) in [5.41, 5.74) is 5.94. The lowest BCUT2D eigenvalue weighted by atomic mass is 10.0. The van der Waals surface area contributed by atoms with Gasteiger partial charge < -0.3 is 10.6 Å². The summed E-state index contributed by atoms with van der Waals surface area (Å²) in [7, 11) is 0. The molecule has 1 heterocycles. The molecule has 1 aliphatic carbocycles. The van der Waals surface area contributed by atoms with Crippen molar-refractivity contribution in [2.45, 2.75) is 56.4 Å². The fourth-order valence-electron chi connectivity index (χ4n) is 2.92. The van der Waals surface area contributed by atoms with Crippen molar-refractivity contribution < 1.29 is 0 Å². The summed E-state index contributed by atoms with van der Waals surface area (Å²) in [4.78, 5) is 2.69. The van der Waals surface area contributed by atoms with Crippen molar-refractivity contribution in [2.24, 2.45) is 5.73 Å². The van der Waals surface area contributed by atoms with Crippen LogP contribution in [0.1, 0.15) is 39.0 Å². The summed E-state index contributed by atoms with van der Waals surface area (Å²) < 4.78 is 0. The Morgan fingerprint density at radius 2 is 1.93 bits per heavy atom. The van der Waals surface area contributed by atoms with Crippen molar-refractivity contribution in [1.82, 2.24) is 4.90 Å². The highest BCUT2D eigenvalue weighted by Crippen LogP contribution is 2.33. The molecule has 3 heteroatoms. The number of nitrogens with zero attached hydrogens (tertiary/aromatic N) is 1. The van der Waals surface area contributed by atoms with Crippen LogP contribution in [0.3, 0.4) is 0 Å². The zero-order valence-corrected chi connectivity index (χ0v) is 10.6. The van der Waals surface area contributed by atoms with Gasteiger partial charge in [-0.2, -0.15) is 11.8 Å². The first-order valence-electron chi connectivity index (χ1n) is 6.40. The standard InChI is InChI=1S/C12H24N2S/c1-2-15-12-4-3-11(9-12)14-7-5-10(13)6-8-14/h10-12H,2-9,13H2,1H3. The van der Waals surface area contributed by atoms with Crippen LogP contribution in [0, 0.1) is 0 Å². The number of hydrogen-bond acceptors (Lipinski definition) is 3. The Balaban J connectivity index is 1.75. The minimum absolute atomic E-state index is 0.475. The number of likely N-dealkylation sites (tertiary alicyclic amines) is 1. The van der Waals surface area contributed by atoms with Gasteiger partial charge in [-0.3, -0.25) is 0 Å². The molecule has 1 saturated heterocycles. The summed E-state index contributed by atoms with van der Waals surface area (Å²) in [5.74, 6) is 1.28. The fourth-order valence-corrected chi connectivity index (χ4v) is 4.05. The molecule has 2 nitrogen and oxygen atoms in total. The molecule has 0 bridgehead atoms. The van der Waals surface area contributed by atoms with Crippen LogP contribution in [0.25, 0.3) is 0 Å². The third kappa shape index (κ3) is 3.11. The second kappa shape index (κ2) is 5.55. The van der Waals surface area contributed by atoms with E-state index in [2.05, 4.69) is 23.6 Å². The molecule has 2 unspecified atom stereocenters. The van der Waals surface area contributed by atoms with E-state index >= 15 is 0 Å². The van der Waals surface area contributed by atoms with Crippen LogP contribution in [-0.2, 0) is 0 Å². The lowest BCUT2D eigenvalue weighted by Crippen LogP contribution is -2.44. The molecule has 2 atom stereocenters. The van der Waals surface area contributed by atoms with Crippen molar-refractivity contribution in [3.05, 3.63) is 0 Å². The Labute approximate surface area is 98.0 Å². The van der Waals surface area contributed by atoms with Crippen molar-refractivity contribution in [3.8, 4) is 0 Å². The van der Waals surface area contributed by atoms with Crippen LogP contribution in [-0.4, -0.2) is 41.1 Å². The van der Waals surface area contributed by atoms with Gasteiger partial charge in [-0.05, 0) is 50.9 Å². The molecule has 1 aliphatic heterocycles. The minimum atomic E-state index is 0.475. The van der Waals surface area contributed by atoms with E-state index in [0.29, 0.717) is 6.04 Å². The molecule has 0 aromatic heterocycles. The van der Waals surface area contributed by atoms with Gasteiger partial charge in [0.2, 0.25) is 0 Å². The molecular weight excluding hydrogens is 204 g/mol. The Hall–Kier alpha value is 0.270. The smallest absolute Gasteiger partial charge is 0.0106 e. The molecule has 88 valence electrons. The highest BCUT2D eigenvalue weighted by molar-refractivity contribution is 7.99. The van der Waals surface area contributed by atoms with Crippen molar-refractivity contribution in [1.29, 1.82) is 0 Å². The van der Waals surface area contributed by atoms with E-state index in [1.165, 1.54) is 50.9 Å². The molecule has 0 aromatic rings. The van der Waals surface area contributed by atoms with Gasteiger partial charge in [0.1, 0.15) is 0 Å². The zero-order valence-electron chi connectivity index (χ0n) is 9.82. The Morgan fingerprint density at radius 3 is 2.60 bits per heavy atom. The monoisotopic (exact) mass is 228 g/mol. The van der Waals surface area contributed by atoms with Crippen LogP contribution in [0.4, 0.5) is 0 Å². The minimum Gasteiger partial charge on any atom is -0.328 e. The van der Waals surface area contributed by atoms with Crippen LogP contribution >= 0.6 is 11.8 Å². The first kappa shape index (κ1) is 11.7. The third-order valence-corrected chi connectivity index (χ3v) is 5.08. The molecule has 0 spiro atoms. The average Bonchev–Trinajstić information content (AvgIpc) is 2.68. The molecule has 2 N–H and O–H groups in total. The van der Waals surface area contributed by atoms with Crippen LogP contribution in [0.2, 0.25) is 0 Å². The predicted octanol–water partition coefficient (Wildman–Crippen LogP) is 2.08. The van der Waals surface area contributed by atoms with Crippen molar-refractivity contribution >= 4 is 11.8 Å². The summed E-state index contributed by atoms with van der Waals surface area (Å²) in [5, 5.41) is 0.940. The second-order valence-electron chi connectivity index (χ2n) is 4.92. The highest BCUT2D eigenvalue weighted by Gasteiger charge is 2.30. The number of piperidine rings is 1. The number of rotatable bonds is 3. The van der Waals surface area contributed by atoms with E-state index in [1.807, 2.05) is 0 Å². The molecule has 1 saturated carbocycles. The van der Waals surface area contributed by atoms with Gasteiger partial charge >= 0.3 is 0 Å². The molecule has 2 rings (SSSR count). The summed E-state index contributed by atoms with van der Waals surface area (Å²) in [6.45, 7) is 4.77. The van der Waals surface area contributed by atoms with Gasteiger partial charge in [0.25, 0.3) is 0 Å². The maximum absolute atomic E-state index is 5.94. The quantitative estimate of drug-likeness (QED) is 0.802. The third-order valence-electron chi connectivity index (χ3n) is 3.85. The molecule has 0 radical (unpaired) electrons.